The van der Waals surface area contributed by atoms with E-state index in [1.54, 1.807) is 0 Å². The second kappa shape index (κ2) is 45.7. The zero-order valence-corrected chi connectivity index (χ0v) is 44.5. The lowest BCUT2D eigenvalue weighted by Crippen LogP contribution is -2.61. The van der Waals surface area contributed by atoms with Crippen molar-refractivity contribution in [3.63, 3.8) is 0 Å². The van der Waals surface area contributed by atoms with E-state index < -0.39 is 59.9 Å². The van der Waals surface area contributed by atoms with E-state index in [1.807, 2.05) is 0 Å². The largest absolute Gasteiger partial charge is 0.397 e. The lowest BCUT2D eigenvalue weighted by Gasteiger charge is -2.41. The second-order valence-corrected chi connectivity index (χ2v) is 21.3. The summed E-state index contributed by atoms with van der Waals surface area (Å²) < 4.78 is 47.8. The maximum atomic E-state index is 13.1. The van der Waals surface area contributed by atoms with Gasteiger partial charge in [-0.1, -0.05) is 244 Å². The highest BCUT2D eigenvalue weighted by atomic mass is 32.3. The van der Waals surface area contributed by atoms with Crippen LogP contribution in [0.1, 0.15) is 277 Å². The topological polar surface area (TPSA) is 192 Å². The highest BCUT2D eigenvalue weighted by Gasteiger charge is 2.48. The number of hydrogen-bond acceptors (Lipinski definition) is 10. The molecule has 0 aromatic rings. The predicted octanol–water partition coefficient (Wildman–Crippen LogP) is 13.1. The van der Waals surface area contributed by atoms with Crippen molar-refractivity contribution in [3.05, 3.63) is 12.2 Å². The van der Waals surface area contributed by atoms with Gasteiger partial charge in [-0.05, 0) is 38.5 Å². The molecule has 7 atom stereocenters. The number of allylic oxidation sites excluding steroid dienone is 2. The lowest BCUT2D eigenvalue weighted by molar-refractivity contribution is -0.298. The van der Waals surface area contributed by atoms with E-state index in [4.69, 9.17) is 9.47 Å². The molecule has 0 aromatic carbocycles. The fourth-order valence-corrected chi connectivity index (χ4v) is 9.91. The van der Waals surface area contributed by atoms with E-state index in [-0.39, 0.29) is 12.5 Å². The molecule has 13 heteroatoms. The molecule has 1 heterocycles. The minimum atomic E-state index is -5.08. The van der Waals surface area contributed by atoms with Crippen LogP contribution in [-0.2, 0) is 28.9 Å². The number of aliphatic hydroxyl groups excluding tert-OH is 4. The molecule has 1 aliphatic rings. The standard InChI is InChI=1S/C55H107NO11S/c1-3-5-7-9-11-13-15-17-18-19-20-21-22-23-24-25-26-27-28-29-30-31-32-33-35-37-39-41-43-45-51(59)56-48(49(58)44-42-40-38-36-34-16-14-12-10-8-6-4-2)47-65-55-53(61)54(67-68(62,63)64)52(60)50(46-57)66-55/h23-24,48-50,52-55,57-58,60-61H,3-22,25-47H2,1-2H3,(H,56,59)(H,62,63,64)/b24-23-. The van der Waals surface area contributed by atoms with Gasteiger partial charge in [0.15, 0.2) is 6.29 Å². The molecule has 1 fully saturated rings. The summed E-state index contributed by atoms with van der Waals surface area (Å²) in [4.78, 5) is 13.1. The van der Waals surface area contributed by atoms with Crippen molar-refractivity contribution in [2.75, 3.05) is 13.2 Å². The first-order valence-corrected chi connectivity index (χ1v) is 29.9. The van der Waals surface area contributed by atoms with Gasteiger partial charge in [0.1, 0.15) is 24.4 Å². The van der Waals surface area contributed by atoms with Gasteiger partial charge in [-0.25, -0.2) is 4.18 Å². The summed E-state index contributed by atoms with van der Waals surface area (Å²) in [6.07, 6.45) is 45.2. The van der Waals surface area contributed by atoms with Gasteiger partial charge in [0.2, 0.25) is 5.91 Å². The Hall–Kier alpha value is -1.16. The summed E-state index contributed by atoms with van der Waals surface area (Å²) in [5.74, 6) is -0.227. The van der Waals surface area contributed by atoms with Crippen molar-refractivity contribution >= 4 is 16.3 Å². The quantitative estimate of drug-likeness (QED) is 0.0193. The Kier molecular flexibility index (Phi) is 43.6. The Balaban J connectivity index is 2.25. The average molecular weight is 991 g/mol. The Morgan fingerprint density at radius 2 is 0.941 bits per heavy atom. The summed E-state index contributed by atoms with van der Waals surface area (Å²) in [6, 6.07) is -0.854. The fraction of sp³-hybridized carbons (Fsp3) is 0.945. The number of carbonyl (C=O) groups excluding carboxylic acids is 1. The number of hydrogen-bond donors (Lipinski definition) is 6. The van der Waals surface area contributed by atoms with Gasteiger partial charge in [0.25, 0.3) is 0 Å². The van der Waals surface area contributed by atoms with Crippen molar-refractivity contribution in [1.29, 1.82) is 0 Å². The maximum absolute atomic E-state index is 13.1. The summed E-state index contributed by atoms with van der Waals surface area (Å²) in [6.45, 7) is 3.47. The van der Waals surface area contributed by atoms with E-state index in [2.05, 4.69) is 35.5 Å². The smallest absolute Gasteiger partial charge is 0.394 e. The van der Waals surface area contributed by atoms with Crippen LogP contribution in [0.3, 0.4) is 0 Å². The molecule has 12 nitrogen and oxygen atoms in total. The number of unbranched alkanes of at least 4 members (excludes halogenated alkanes) is 36. The molecule has 0 saturated carbocycles. The molecule has 0 radical (unpaired) electrons. The first kappa shape index (κ1) is 64.9. The number of rotatable bonds is 50. The molecule has 1 amide bonds. The number of nitrogens with one attached hydrogen (secondary N) is 1. The van der Waals surface area contributed by atoms with E-state index in [9.17, 15) is 38.2 Å². The van der Waals surface area contributed by atoms with Crippen LogP contribution in [-0.4, -0.2) is 95.4 Å². The molecular weight excluding hydrogens is 883 g/mol. The minimum Gasteiger partial charge on any atom is -0.394 e. The van der Waals surface area contributed by atoms with Gasteiger partial charge in [-0.3, -0.25) is 9.35 Å². The number of ether oxygens (including phenoxy) is 2. The summed E-state index contributed by atoms with van der Waals surface area (Å²) >= 11 is 0. The minimum absolute atomic E-state index is 0.227. The third-order valence-corrected chi connectivity index (χ3v) is 14.3. The van der Waals surface area contributed by atoms with Gasteiger partial charge >= 0.3 is 10.4 Å². The number of amides is 1. The van der Waals surface area contributed by atoms with Crippen LogP contribution < -0.4 is 5.32 Å². The zero-order valence-electron chi connectivity index (χ0n) is 43.7. The summed E-state index contributed by atoms with van der Waals surface area (Å²) in [5, 5.41) is 45.0. The molecule has 7 unspecified atom stereocenters. The average Bonchev–Trinajstić information content (AvgIpc) is 3.31. The molecule has 6 N–H and O–H groups in total. The van der Waals surface area contributed by atoms with E-state index in [0.717, 1.165) is 51.4 Å². The lowest BCUT2D eigenvalue weighted by atomic mass is 9.99. The van der Waals surface area contributed by atoms with Crippen LogP contribution >= 0.6 is 0 Å². The molecule has 0 bridgehead atoms. The van der Waals surface area contributed by atoms with Crippen LogP contribution in [0.15, 0.2) is 12.2 Å². The maximum Gasteiger partial charge on any atom is 0.397 e. The van der Waals surface area contributed by atoms with Gasteiger partial charge in [-0.15, -0.1) is 0 Å². The first-order chi connectivity index (χ1) is 33.0. The third kappa shape index (κ3) is 37.6. The highest BCUT2D eigenvalue weighted by Crippen LogP contribution is 2.26. The fourth-order valence-electron chi connectivity index (χ4n) is 9.40. The number of aliphatic hydroxyl groups is 4. The normalized spacial score (nSPS) is 19.8. The highest BCUT2D eigenvalue weighted by molar-refractivity contribution is 7.80. The van der Waals surface area contributed by atoms with Gasteiger partial charge in [0.05, 0.1) is 25.4 Å². The molecule has 0 aromatic heterocycles. The van der Waals surface area contributed by atoms with E-state index in [0.29, 0.717) is 12.8 Å². The molecule has 68 heavy (non-hydrogen) atoms. The van der Waals surface area contributed by atoms with E-state index in [1.165, 1.54) is 199 Å². The van der Waals surface area contributed by atoms with Crippen molar-refractivity contribution in [2.24, 2.45) is 0 Å². The zero-order chi connectivity index (χ0) is 49.8. The van der Waals surface area contributed by atoms with E-state index >= 15 is 0 Å². The molecule has 0 spiro atoms. The second-order valence-electron chi connectivity index (χ2n) is 20.2. The molecule has 1 saturated heterocycles. The van der Waals surface area contributed by atoms with Gasteiger partial charge < -0.3 is 35.2 Å². The van der Waals surface area contributed by atoms with Gasteiger partial charge in [0, 0.05) is 6.42 Å². The number of carbonyl (C=O) groups is 1. The van der Waals surface area contributed by atoms with Crippen molar-refractivity contribution in [3.8, 4) is 0 Å². The van der Waals surface area contributed by atoms with Crippen molar-refractivity contribution in [2.45, 2.75) is 320 Å². The Morgan fingerprint density at radius 3 is 1.32 bits per heavy atom. The molecule has 404 valence electrons. The Morgan fingerprint density at radius 1 is 0.574 bits per heavy atom. The van der Waals surface area contributed by atoms with Crippen LogP contribution in [0.5, 0.6) is 0 Å². The SMILES string of the molecule is CCCCCCCCCCCCCC/C=C\CCCCCCCCCCCCCCCC(=O)NC(COC1OC(CO)C(O)C(OS(=O)(=O)O)C1O)C(O)CCCCCCCCCCCCCC. The van der Waals surface area contributed by atoms with Crippen LogP contribution in [0.4, 0.5) is 0 Å². The van der Waals surface area contributed by atoms with Crippen LogP contribution in [0.2, 0.25) is 0 Å². The van der Waals surface area contributed by atoms with Crippen LogP contribution in [0, 0.1) is 0 Å². The van der Waals surface area contributed by atoms with Crippen LogP contribution in [0.25, 0.3) is 0 Å². The molecule has 1 rings (SSSR count). The molecule has 0 aliphatic carbocycles. The third-order valence-electron chi connectivity index (χ3n) is 13.8. The molecule has 1 aliphatic heterocycles. The summed E-state index contributed by atoms with van der Waals surface area (Å²) in [5.41, 5.74) is 0. The van der Waals surface area contributed by atoms with Gasteiger partial charge in [-0.2, -0.15) is 8.42 Å². The Labute approximate surface area is 417 Å². The molecular formula is C55H107NO11S. The van der Waals surface area contributed by atoms with Crippen molar-refractivity contribution in [1.82, 2.24) is 5.32 Å². The van der Waals surface area contributed by atoms with Crippen molar-refractivity contribution < 1.29 is 51.8 Å². The Bertz CT molecular complexity index is 1260. The summed E-state index contributed by atoms with van der Waals surface area (Å²) in [7, 11) is -5.08. The monoisotopic (exact) mass is 990 g/mol. The predicted molar refractivity (Wildman–Crippen MR) is 278 cm³/mol. The first-order valence-electron chi connectivity index (χ1n) is 28.6.